The molecule has 0 aliphatic heterocycles. The largest absolute Gasteiger partial charge is 0.416 e. The summed E-state index contributed by atoms with van der Waals surface area (Å²) >= 11 is 5.82. The van der Waals surface area contributed by atoms with Gasteiger partial charge in [-0.3, -0.25) is 9.36 Å². The first-order chi connectivity index (χ1) is 17.2. The van der Waals surface area contributed by atoms with Gasteiger partial charge in [-0.1, -0.05) is 29.8 Å². The molecule has 15 heteroatoms. The molecule has 3 aromatic rings. The molecule has 2 atom stereocenters. The summed E-state index contributed by atoms with van der Waals surface area (Å²) in [7, 11) is 0. The zero-order chi connectivity index (χ0) is 27.5. The predicted molar refractivity (Wildman–Crippen MR) is 120 cm³/mol. The van der Waals surface area contributed by atoms with Gasteiger partial charge in [0, 0.05) is 23.2 Å². The predicted octanol–water partition coefficient (Wildman–Crippen LogP) is 3.12. The summed E-state index contributed by atoms with van der Waals surface area (Å²) in [6.45, 7) is -2.40. The molecular formula is C22H20ClF6N5O3. The van der Waals surface area contributed by atoms with Crippen molar-refractivity contribution in [3.8, 4) is 11.4 Å². The van der Waals surface area contributed by atoms with E-state index in [1.54, 1.807) is 0 Å². The monoisotopic (exact) mass is 551 g/mol. The third kappa shape index (κ3) is 6.90. The number of hydrogen-bond donors (Lipinski definition) is 3. The van der Waals surface area contributed by atoms with Crippen LogP contribution >= 0.6 is 11.6 Å². The van der Waals surface area contributed by atoms with Crippen LogP contribution in [0.5, 0.6) is 0 Å². The van der Waals surface area contributed by atoms with Crippen LogP contribution in [0.25, 0.3) is 11.4 Å². The van der Waals surface area contributed by atoms with E-state index in [-0.39, 0.29) is 17.0 Å². The van der Waals surface area contributed by atoms with Crippen LogP contribution in [0, 0.1) is 0 Å². The molecule has 200 valence electrons. The van der Waals surface area contributed by atoms with E-state index in [2.05, 4.69) is 10.4 Å². The van der Waals surface area contributed by atoms with Gasteiger partial charge in [0.1, 0.15) is 6.54 Å². The molecule has 0 saturated heterocycles. The summed E-state index contributed by atoms with van der Waals surface area (Å²) in [4.78, 5) is 25.2. The number of rotatable bonds is 8. The maximum atomic E-state index is 13.2. The fourth-order valence-corrected chi connectivity index (χ4v) is 3.53. The third-order valence-electron chi connectivity index (χ3n) is 5.24. The molecule has 4 N–H and O–H groups in total. The normalized spacial score (nSPS) is 13.9. The van der Waals surface area contributed by atoms with E-state index in [0.717, 1.165) is 12.1 Å². The van der Waals surface area contributed by atoms with Crippen LogP contribution in [-0.4, -0.2) is 44.2 Å². The van der Waals surface area contributed by atoms with Gasteiger partial charge in [0.2, 0.25) is 5.91 Å². The van der Waals surface area contributed by atoms with Crippen molar-refractivity contribution in [2.45, 2.75) is 37.6 Å². The molecule has 0 spiro atoms. The van der Waals surface area contributed by atoms with Gasteiger partial charge in [0.05, 0.1) is 12.1 Å². The van der Waals surface area contributed by atoms with Crippen LogP contribution in [0.4, 0.5) is 26.3 Å². The number of alkyl halides is 6. The lowest BCUT2D eigenvalue weighted by atomic mass is 10.0. The van der Waals surface area contributed by atoms with E-state index in [1.165, 1.54) is 36.4 Å². The molecule has 0 saturated carbocycles. The zero-order valence-corrected chi connectivity index (χ0v) is 19.5. The fraction of sp³-hybridized carbons (Fsp3) is 0.318. The Bertz CT molecular complexity index is 1300. The minimum Gasteiger partial charge on any atom is -0.382 e. The number of aromatic nitrogens is 3. The van der Waals surface area contributed by atoms with Crippen molar-refractivity contribution in [3.63, 3.8) is 0 Å². The summed E-state index contributed by atoms with van der Waals surface area (Å²) in [6, 6.07) is 8.86. The first-order valence-corrected chi connectivity index (χ1v) is 10.9. The molecule has 1 heterocycles. The van der Waals surface area contributed by atoms with Crippen LogP contribution in [0.1, 0.15) is 17.2 Å². The van der Waals surface area contributed by atoms with Crippen LogP contribution in [0.15, 0.2) is 53.3 Å². The van der Waals surface area contributed by atoms with E-state index in [0.29, 0.717) is 14.3 Å². The van der Waals surface area contributed by atoms with Gasteiger partial charge in [0.25, 0.3) is 0 Å². The van der Waals surface area contributed by atoms with E-state index in [9.17, 15) is 41.0 Å². The summed E-state index contributed by atoms with van der Waals surface area (Å²) in [5.74, 6) is -1.15. The van der Waals surface area contributed by atoms with Crippen molar-refractivity contribution in [1.29, 1.82) is 0 Å². The molecule has 0 fully saturated rings. The smallest absolute Gasteiger partial charge is 0.382 e. The van der Waals surface area contributed by atoms with Crippen LogP contribution in [0.3, 0.4) is 0 Å². The number of halogens is 7. The molecule has 0 aliphatic rings. The lowest BCUT2D eigenvalue weighted by Gasteiger charge is -2.18. The summed E-state index contributed by atoms with van der Waals surface area (Å²) in [5.41, 5.74) is 3.65. The van der Waals surface area contributed by atoms with E-state index >= 15 is 0 Å². The van der Waals surface area contributed by atoms with Crippen molar-refractivity contribution in [3.05, 3.63) is 75.2 Å². The van der Waals surface area contributed by atoms with E-state index < -0.39 is 61.3 Å². The van der Waals surface area contributed by atoms with Gasteiger partial charge in [-0.25, -0.2) is 9.48 Å². The van der Waals surface area contributed by atoms with Gasteiger partial charge in [-0.05, 0) is 35.9 Å². The quantitative estimate of drug-likeness (QED) is 0.372. The number of nitrogens with one attached hydrogen (secondary N) is 1. The molecule has 1 aromatic heterocycles. The second kappa shape index (κ2) is 10.9. The van der Waals surface area contributed by atoms with Gasteiger partial charge in [0.15, 0.2) is 11.9 Å². The summed E-state index contributed by atoms with van der Waals surface area (Å²) in [6.07, 6.45) is -12.6. The van der Waals surface area contributed by atoms with Crippen LogP contribution in [-0.2, 0) is 24.1 Å². The fourth-order valence-electron chi connectivity index (χ4n) is 3.40. The average molecular weight is 552 g/mol. The Kier molecular flexibility index (Phi) is 8.35. The van der Waals surface area contributed by atoms with Gasteiger partial charge in [-0.15, -0.1) is 5.10 Å². The van der Waals surface area contributed by atoms with E-state index in [1.807, 2.05) is 0 Å². The molecule has 0 bridgehead atoms. The Hall–Kier alpha value is -3.36. The first kappa shape index (κ1) is 28.2. The highest BCUT2D eigenvalue weighted by molar-refractivity contribution is 6.30. The molecule has 2 aromatic carbocycles. The lowest BCUT2D eigenvalue weighted by molar-refractivity contribution is -0.207. The molecule has 0 radical (unpaired) electrons. The van der Waals surface area contributed by atoms with Gasteiger partial charge < -0.3 is 16.2 Å². The lowest BCUT2D eigenvalue weighted by Crippen LogP contribution is -2.39. The number of hydrogen-bond acceptors (Lipinski definition) is 5. The number of nitrogens with two attached hydrogens (primary N) is 1. The molecule has 8 nitrogen and oxygen atoms in total. The highest BCUT2D eigenvalue weighted by atomic mass is 35.5. The number of aliphatic hydroxyl groups excluding tert-OH is 1. The summed E-state index contributed by atoms with van der Waals surface area (Å²) < 4.78 is 79.6. The number of aliphatic hydroxyl groups is 1. The van der Waals surface area contributed by atoms with Crippen molar-refractivity contribution >= 4 is 17.5 Å². The SMILES string of the molecule is NC(CNC(=O)Cn1nc(-c2ccc(Cl)cc2)n(C[C@H](O)C(F)(F)F)c1=O)c1ccccc1C(F)(F)F. The number of carbonyl (C=O) groups excluding carboxylic acids is 1. The van der Waals surface area contributed by atoms with Crippen LogP contribution in [0.2, 0.25) is 5.02 Å². The molecule has 3 rings (SSSR count). The molecule has 0 aliphatic carbocycles. The second-order valence-electron chi connectivity index (χ2n) is 7.93. The van der Waals surface area contributed by atoms with Gasteiger partial charge in [-0.2, -0.15) is 26.3 Å². The average Bonchev–Trinajstić information content (AvgIpc) is 3.11. The Morgan fingerprint density at radius 2 is 1.70 bits per heavy atom. The number of nitrogens with zero attached hydrogens (tertiary/aromatic N) is 3. The molecular weight excluding hydrogens is 532 g/mol. The molecule has 1 amide bonds. The Labute approximate surface area is 210 Å². The highest BCUT2D eigenvalue weighted by Crippen LogP contribution is 2.33. The van der Waals surface area contributed by atoms with Crippen molar-refractivity contribution in [2.75, 3.05) is 6.54 Å². The summed E-state index contributed by atoms with van der Waals surface area (Å²) in [5, 5.41) is 16.0. The standard InChI is InChI=1S/C22H20ClF6N5O3/c23-13-7-5-12(6-8-13)19-32-34(20(37)33(19)10-17(35)22(27,28)29)11-18(36)31-9-16(30)14-3-1-2-4-15(14)21(24,25)26/h1-8,16-17,35H,9-11,30H2,(H,31,36)/t16?,17-/m0/s1. The second-order valence-corrected chi connectivity index (χ2v) is 8.37. The maximum Gasteiger partial charge on any atom is 0.416 e. The Morgan fingerprint density at radius 1 is 1.08 bits per heavy atom. The Morgan fingerprint density at radius 3 is 2.30 bits per heavy atom. The van der Waals surface area contributed by atoms with Crippen molar-refractivity contribution in [1.82, 2.24) is 19.7 Å². The van der Waals surface area contributed by atoms with Crippen LogP contribution < -0.4 is 16.7 Å². The molecule has 1 unspecified atom stereocenters. The maximum absolute atomic E-state index is 13.2. The topological polar surface area (TPSA) is 115 Å². The molecule has 37 heavy (non-hydrogen) atoms. The van der Waals surface area contributed by atoms with Crippen molar-refractivity contribution < 1.29 is 36.2 Å². The minimum atomic E-state index is -5.03. The number of benzene rings is 2. The Balaban J connectivity index is 1.81. The number of amides is 1. The minimum absolute atomic E-state index is 0.181. The van der Waals surface area contributed by atoms with Crippen molar-refractivity contribution in [2.24, 2.45) is 5.73 Å². The van der Waals surface area contributed by atoms with Gasteiger partial charge >= 0.3 is 18.0 Å². The third-order valence-corrected chi connectivity index (χ3v) is 5.49. The number of carbonyl (C=O) groups is 1. The van der Waals surface area contributed by atoms with E-state index in [4.69, 9.17) is 17.3 Å². The highest BCUT2D eigenvalue weighted by Gasteiger charge is 2.39. The first-order valence-electron chi connectivity index (χ1n) is 10.5. The zero-order valence-electron chi connectivity index (χ0n) is 18.7.